The van der Waals surface area contributed by atoms with Crippen LogP contribution in [0.1, 0.15) is 6.92 Å². The highest BCUT2D eigenvalue weighted by molar-refractivity contribution is 6.01. The molecule has 3 amide bonds. The van der Waals surface area contributed by atoms with Crippen LogP contribution >= 0.6 is 0 Å². The molecule has 9 nitrogen and oxygen atoms in total. The Bertz CT molecular complexity index is 805. The molecule has 0 fully saturated rings. The van der Waals surface area contributed by atoms with Crippen LogP contribution in [0.2, 0.25) is 0 Å². The zero-order valence-electron chi connectivity index (χ0n) is 13.5. The molecule has 0 radical (unpaired) electrons. The van der Waals surface area contributed by atoms with Gasteiger partial charge in [0.25, 0.3) is 5.69 Å². The maximum Gasteiger partial charge on any atom is 0.323 e. The summed E-state index contributed by atoms with van der Waals surface area (Å²) in [5.74, 6) is -0.0194. The highest BCUT2D eigenvalue weighted by Crippen LogP contribution is 2.29. The Morgan fingerprint density at radius 3 is 2.12 bits per heavy atom. The molecule has 0 aliphatic carbocycles. The number of nitrogens with one attached hydrogen (secondary N) is 3. The number of nitro groups is 1. The lowest BCUT2D eigenvalue weighted by atomic mass is 10.2. The van der Waals surface area contributed by atoms with Crippen molar-refractivity contribution in [2.45, 2.75) is 6.92 Å². The summed E-state index contributed by atoms with van der Waals surface area (Å²) >= 11 is 0. The minimum Gasteiger partial charge on any atom is -0.494 e. The number of carbonyl (C=O) groups is 2. The number of rotatable bonds is 5. The van der Waals surface area contributed by atoms with Gasteiger partial charge in [0.1, 0.15) is 5.75 Å². The van der Waals surface area contributed by atoms with Gasteiger partial charge in [-0.15, -0.1) is 0 Å². The highest BCUT2D eigenvalue weighted by atomic mass is 16.6. The Morgan fingerprint density at radius 1 is 1.00 bits per heavy atom. The van der Waals surface area contributed by atoms with Gasteiger partial charge in [0.05, 0.1) is 23.8 Å². The van der Waals surface area contributed by atoms with Crippen LogP contribution in [0.25, 0.3) is 0 Å². The lowest BCUT2D eigenvalue weighted by Gasteiger charge is -2.11. The Hall–Kier alpha value is -3.62. The van der Waals surface area contributed by atoms with E-state index in [9.17, 15) is 19.7 Å². The van der Waals surface area contributed by atoms with Crippen LogP contribution in [0.15, 0.2) is 42.5 Å². The first-order chi connectivity index (χ1) is 11.9. The molecule has 3 N–H and O–H groups in total. The number of benzene rings is 2. The number of nitro benzene ring substituents is 1. The van der Waals surface area contributed by atoms with E-state index in [1.165, 1.54) is 32.2 Å². The highest BCUT2D eigenvalue weighted by Gasteiger charge is 2.13. The minimum atomic E-state index is -0.553. The van der Waals surface area contributed by atoms with Gasteiger partial charge in [-0.05, 0) is 30.3 Å². The van der Waals surface area contributed by atoms with Gasteiger partial charge in [-0.1, -0.05) is 0 Å². The van der Waals surface area contributed by atoms with Gasteiger partial charge in [-0.25, -0.2) is 4.79 Å². The number of amides is 3. The molecule has 0 aromatic heterocycles. The number of hydrogen-bond acceptors (Lipinski definition) is 5. The van der Waals surface area contributed by atoms with Gasteiger partial charge < -0.3 is 20.7 Å². The van der Waals surface area contributed by atoms with E-state index in [0.717, 1.165) is 0 Å². The number of non-ortho nitro benzene ring substituents is 1. The van der Waals surface area contributed by atoms with Crippen LogP contribution in [0, 0.1) is 10.1 Å². The van der Waals surface area contributed by atoms with E-state index in [1.807, 2.05) is 0 Å². The van der Waals surface area contributed by atoms with E-state index in [4.69, 9.17) is 4.74 Å². The van der Waals surface area contributed by atoms with Crippen molar-refractivity contribution in [2.24, 2.45) is 0 Å². The second-order valence-corrected chi connectivity index (χ2v) is 4.98. The smallest absolute Gasteiger partial charge is 0.323 e. The summed E-state index contributed by atoms with van der Waals surface area (Å²) in [6.45, 7) is 1.40. The number of carbonyl (C=O) groups excluding carboxylic acids is 2. The molecular formula is C16H16N4O5. The van der Waals surface area contributed by atoms with Crippen molar-refractivity contribution in [3.05, 3.63) is 52.6 Å². The van der Waals surface area contributed by atoms with Crippen molar-refractivity contribution in [3.8, 4) is 5.75 Å². The molecule has 0 aliphatic heterocycles. The fourth-order valence-electron chi connectivity index (χ4n) is 2.02. The van der Waals surface area contributed by atoms with E-state index in [-0.39, 0.29) is 17.3 Å². The second kappa shape index (κ2) is 7.77. The molecule has 130 valence electrons. The fraction of sp³-hybridized carbons (Fsp3) is 0.125. The van der Waals surface area contributed by atoms with Crippen LogP contribution in [0.3, 0.4) is 0 Å². The fourth-order valence-corrected chi connectivity index (χ4v) is 2.02. The van der Waals surface area contributed by atoms with E-state index in [0.29, 0.717) is 17.1 Å². The third-order valence-corrected chi connectivity index (χ3v) is 3.11. The SMILES string of the molecule is COc1cc([N+](=O)[O-])ccc1NC(=O)Nc1ccc(NC(C)=O)cc1. The van der Waals surface area contributed by atoms with Crippen molar-refractivity contribution >= 4 is 34.7 Å². The topological polar surface area (TPSA) is 123 Å². The quantitative estimate of drug-likeness (QED) is 0.568. The second-order valence-electron chi connectivity index (χ2n) is 4.98. The molecule has 2 rings (SSSR count). The van der Waals surface area contributed by atoms with Crippen LogP contribution in [0.4, 0.5) is 27.5 Å². The molecule has 2 aromatic rings. The summed E-state index contributed by atoms with van der Waals surface area (Å²) in [4.78, 5) is 33.2. The summed E-state index contributed by atoms with van der Waals surface area (Å²) in [7, 11) is 1.35. The molecule has 0 spiro atoms. The first kappa shape index (κ1) is 17.7. The number of nitrogens with zero attached hydrogens (tertiary/aromatic N) is 1. The van der Waals surface area contributed by atoms with Gasteiger partial charge in [-0.3, -0.25) is 14.9 Å². The van der Waals surface area contributed by atoms with Crippen molar-refractivity contribution in [2.75, 3.05) is 23.1 Å². The van der Waals surface area contributed by atoms with E-state index in [1.54, 1.807) is 24.3 Å². The number of methoxy groups -OCH3 is 1. The molecular weight excluding hydrogens is 328 g/mol. The van der Waals surface area contributed by atoms with Gasteiger partial charge in [-0.2, -0.15) is 0 Å². The van der Waals surface area contributed by atoms with Crippen LogP contribution < -0.4 is 20.7 Å². The molecule has 0 bridgehead atoms. The average molecular weight is 344 g/mol. The largest absolute Gasteiger partial charge is 0.494 e. The van der Waals surface area contributed by atoms with Gasteiger partial charge >= 0.3 is 6.03 Å². The summed E-state index contributed by atoms with van der Waals surface area (Å²) in [6.07, 6.45) is 0. The number of urea groups is 1. The third-order valence-electron chi connectivity index (χ3n) is 3.11. The lowest BCUT2D eigenvalue weighted by Crippen LogP contribution is -2.19. The molecule has 0 aliphatic rings. The van der Waals surface area contributed by atoms with E-state index >= 15 is 0 Å². The van der Waals surface area contributed by atoms with Gasteiger partial charge in [0, 0.05) is 24.4 Å². The van der Waals surface area contributed by atoms with Gasteiger partial charge in [0.15, 0.2) is 0 Å². The zero-order chi connectivity index (χ0) is 18.4. The maximum absolute atomic E-state index is 12.1. The number of ether oxygens (including phenoxy) is 1. The minimum absolute atomic E-state index is 0.142. The molecule has 25 heavy (non-hydrogen) atoms. The summed E-state index contributed by atoms with van der Waals surface area (Å²) in [5, 5.41) is 18.5. The van der Waals surface area contributed by atoms with Crippen molar-refractivity contribution in [1.29, 1.82) is 0 Å². The third kappa shape index (κ3) is 4.93. The first-order valence-corrected chi connectivity index (χ1v) is 7.17. The standard InChI is InChI=1S/C16H16N4O5/c1-10(21)17-11-3-5-12(6-4-11)18-16(22)19-14-8-7-13(20(23)24)9-15(14)25-2/h3-9H,1-2H3,(H,17,21)(H2,18,19,22). The first-order valence-electron chi connectivity index (χ1n) is 7.17. The van der Waals surface area contributed by atoms with Crippen LogP contribution in [-0.4, -0.2) is 24.0 Å². The van der Waals surface area contributed by atoms with Gasteiger partial charge in [0.2, 0.25) is 5.91 Å². The zero-order valence-corrected chi connectivity index (χ0v) is 13.5. The summed E-state index contributed by atoms with van der Waals surface area (Å²) < 4.78 is 5.05. The Morgan fingerprint density at radius 2 is 1.60 bits per heavy atom. The monoisotopic (exact) mass is 344 g/mol. The maximum atomic E-state index is 12.1. The molecule has 2 aromatic carbocycles. The van der Waals surface area contributed by atoms with E-state index < -0.39 is 11.0 Å². The molecule has 0 saturated heterocycles. The lowest BCUT2D eigenvalue weighted by molar-refractivity contribution is -0.384. The Labute approximate surface area is 143 Å². The molecule has 0 atom stereocenters. The molecule has 9 heteroatoms. The molecule has 0 saturated carbocycles. The molecule has 0 unspecified atom stereocenters. The van der Waals surface area contributed by atoms with Crippen molar-refractivity contribution < 1.29 is 19.2 Å². The molecule has 0 heterocycles. The Kier molecular flexibility index (Phi) is 5.51. The van der Waals surface area contributed by atoms with E-state index in [2.05, 4.69) is 16.0 Å². The predicted octanol–water partition coefficient (Wildman–Crippen LogP) is 3.21. The van der Waals surface area contributed by atoms with Crippen molar-refractivity contribution in [1.82, 2.24) is 0 Å². The normalized spacial score (nSPS) is 9.84. The summed E-state index contributed by atoms with van der Waals surface area (Å²) in [5.41, 5.74) is 1.26. The Balaban J connectivity index is 2.04. The number of anilines is 3. The van der Waals surface area contributed by atoms with Crippen molar-refractivity contribution in [3.63, 3.8) is 0 Å². The predicted molar refractivity (Wildman–Crippen MR) is 93.0 cm³/mol. The summed E-state index contributed by atoms with van der Waals surface area (Å²) in [6, 6.07) is 9.86. The average Bonchev–Trinajstić information content (AvgIpc) is 2.56. The number of hydrogen-bond donors (Lipinski definition) is 3. The van der Waals surface area contributed by atoms with Crippen LogP contribution in [0.5, 0.6) is 5.75 Å². The van der Waals surface area contributed by atoms with Crippen LogP contribution in [-0.2, 0) is 4.79 Å².